The molecule has 3 rings (SSSR count). The topological polar surface area (TPSA) is 163 Å². The molecule has 1 saturated heterocycles. The van der Waals surface area contributed by atoms with E-state index in [1.807, 2.05) is 0 Å². The van der Waals surface area contributed by atoms with Crippen molar-refractivity contribution in [2.45, 2.75) is 32.2 Å². The van der Waals surface area contributed by atoms with E-state index in [9.17, 15) is 19.2 Å². The summed E-state index contributed by atoms with van der Waals surface area (Å²) in [7, 11) is 1.28. The zero-order chi connectivity index (χ0) is 24.3. The van der Waals surface area contributed by atoms with Gasteiger partial charge in [0.2, 0.25) is 6.79 Å². The number of ether oxygens (including phenoxy) is 2. The Bertz CT molecular complexity index is 1030. The van der Waals surface area contributed by atoms with E-state index in [0.29, 0.717) is 5.75 Å². The van der Waals surface area contributed by atoms with Crippen molar-refractivity contribution >= 4 is 57.7 Å². The van der Waals surface area contributed by atoms with Crippen molar-refractivity contribution < 1.29 is 33.5 Å². The Balaban J connectivity index is 1.61. The average Bonchev–Trinajstić information content (AvgIpc) is 3.19. The molecule has 2 aliphatic heterocycles. The number of thioether (sulfide) groups is 1. The number of nitrogens with one attached hydrogen (secondary N) is 1. The van der Waals surface area contributed by atoms with Crippen LogP contribution in [0.1, 0.15) is 26.5 Å². The molecule has 3 N–H and O–H groups in total. The van der Waals surface area contributed by atoms with Crippen molar-refractivity contribution in [3.63, 3.8) is 0 Å². The Morgan fingerprint density at radius 2 is 2.06 bits per heavy atom. The number of fused-ring (bicyclic) bond motifs is 1. The smallest absolute Gasteiger partial charge is 0.357 e. The molecule has 178 valence electrons. The molecular weight excluding hydrogens is 474 g/mol. The van der Waals surface area contributed by atoms with E-state index >= 15 is 0 Å². The van der Waals surface area contributed by atoms with Gasteiger partial charge in [-0.25, -0.2) is 9.78 Å². The van der Waals surface area contributed by atoms with Crippen LogP contribution in [0.4, 0.5) is 5.13 Å². The Morgan fingerprint density at radius 1 is 1.33 bits per heavy atom. The fraction of sp³-hybridized carbons (Fsp3) is 0.474. The van der Waals surface area contributed by atoms with Crippen LogP contribution in [0.2, 0.25) is 0 Å². The van der Waals surface area contributed by atoms with Gasteiger partial charge in [-0.1, -0.05) is 5.16 Å². The van der Waals surface area contributed by atoms with Gasteiger partial charge in [0.1, 0.15) is 29.9 Å². The molecule has 2 atom stereocenters. The van der Waals surface area contributed by atoms with Gasteiger partial charge >= 0.3 is 11.9 Å². The summed E-state index contributed by atoms with van der Waals surface area (Å²) in [6.45, 7) is 4.44. The summed E-state index contributed by atoms with van der Waals surface area (Å²) in [6.07, 6.45) is 1.54. The maximum absolute atomic E-state index is 12.7. The quantitative estimate of drug-likeness (QED) is 0.178. The van der Waals surface area contributed by atoms with E-state index in [1.54, 1.807) is 32.2 Å². The first-order chi connectivity index (χ1) is 15.5. The first-order valence-electron chi connectivity index (χ1n) is 9.67. The fourth-order valence-electron chi connectivity index (χ4n) is 2.86. The number of nitrogens with two attached hydrogens (primary N) is 1. The third-order valence-electron chi connectivity index (χ3n) is 4.50. The van der Waals surface area contributed by atoms with E-state index in [0.717, 1.165) is 11.3 Å². The van der Waals surface area contributed by atoms with E-state index in [-0.39, 0.29) is 22.2 Å². The van der Waals surface area contributed by atoms with Crippen molar-refractivity contribution in [3.8, 4) is 0 Å². The lowest BCUT2D eigenvalue weighted by atomic mass is 9.98. The molecule has 1 fully saturated rings. The van der Waals surface area contributed by atoms with Gasteiger partial charge in [0.15, 0.2) is 10.8 Å². The number of anilines is 1. The number of β-lactam (4-membered cyclic amide) rings is 1. The highest BCUT2D eigenvalue weighted by Gasteiger charge is 2.53. The normalized spacial score (nSPS) is 20.2. The highest BCUT2D eigenvalue weighted by molar-refractivity contribution is 8.00. The second-order valence-electron chi connectivity index (χ2n) is 7.90. The van der Waals surface area contributed by atoms with Crippen LogP contribution in [-0.4, -0.2) is 70.4 Å². The number of esters is 2. The SMILES string of the molecule is CO/N=C(/C(=O)N[C@@H]1C(=O)N2C(C(=O)OCOC(=O)C(C)(C)C)=CCS[C@H]12)c1csc(N)n1. The lowest BCUT2D eigenvalue weighted by Crippen LogP contribution is -2.70. The summed E-state index contributed by atoms with van der Waals surface area (Å²) >= 11 is 2.49. The van der Waals surface area contributed by atoms with E-state index in [2.05, 4.69) is 15.5 Å². The summed E-state index contributed by atoms with van der Waals surface area (Å²) in [5.74, 6) is -2.09. The largest absolute Gasteiger partial charge is 0.427 e. The van der Waals surface area contributed by atoms with Gasteiger partial charge in [-0.3, -0.25) is 19.3 Å². The van der Waals surface area contributed by atoms with Crippen molar-refractivity contribution in [1.29, 1.82) is 0 Å². The molecule has 14 heteroatoms. The lowest BCUT2D eigenvalue weighted by Gasteiger charge is -2.48. The first kappa shape index (κ1) is 24.5. The molecule has 3 heterocycles. The van der Waals surface area contributed by atoms with Crippen LogP contribution in [0.25, 0.3) is 0 Å². The molecule has 0 aromatic carbocycles. The van der Waals surface area contributed by atoms with Gasteiger partial charge in [0, 0.05) is 11.1 Å². The highest BCUT2D eigenvalue weighted by atomic mass is 32.2. The maximum Gasteiger partial charge on any atom is 0.357 e. The summed E-state index contributed by atoms with van der Waals surface area (Å²) in [6, 6.07) is -0.893. The average molecular weight is 498 g/mol. The van der Waals surface area contributed by atoms with Crippen LogP contribution in [0, 0.1) is 5.41 Å². The number of carbonyl (C=O) groups is 4. The highest BCUT2D eigenvalue weighted by Crippen LogP contribution is 2.37. The molecular formula is C19H23N5O7S2. The predicted octanol–water partition coefficient (Wildman–Crippen LogP) is 0.450. The second-order valence-corrected chi connectivity index (χ2v) is 9.94. The number of carbonyl (C=O) groups excluding carboxylic acids is 4. The van der Waals surface area contributed by atoms with Crippen molar-refractivity contribution in [3.05, 3.63) is 22.8 Å². The second kappa shape index (κ2) is 9.79. The van der Waals surface area contributed by atoms with Gasteiger partial charge in [0.25, 0.3) is 11.8 Å². The fourth-order valence-corrected chi connectivity index (χ4v) is 4.60. The third-order valence-corrected chi connectivity index (χ3v) is 6.35. The van der Waals surface area contributed by atoms with Gasteiger partial charge in [-0.2, -0.15) is 0 Å². The summed E-state index contributed by atoms with van der Waals surface area (Å²) in [4.78, 5) is 59.7. The van der Waals surface area contributed by atoms with Gasteiger partial charge in [-0.15, -0.1) is 23.1 Å². The summed E-state index contributed by atoms with van der Waals surface area (Å²) < 4.78 is 9.93. The number of nitrogens with zero attached hydrogens (tertiary/aromatic N) is 3. The number of aromatic nitrogens is 1. The third kappa shape index (κ3) is 5.27. The number of nitrogen functional groups attached to an aromatic ring is 1. The van der Waals surface area contributed by atoms with Gasteiger partial charge in [-0.05, 0) is 26.8 Å². The van der Waals surface area contributed by atoms with E-state index in [1.165, 1.54) is 23.8 Å². The van der Waals surface area contributed by atoms with E-state index < -0.39 is 47.4 Å². The number of hydrogen-bond donors (Lipinski definition) is 2. The van der Waals surface area contributed by atoms with Crippen LogP contribution in [-0.2, 0) is 33.5 Å². The monoisotopic (exact) mass is 497 g/mol. The minimum atomic E-state index is -0.893. The molecule has 2 aliphatic rings. The Morgan fingerprint density at radius 3 is 2.67 bits per heavy atom. The van der Waals surface area contributed by atoms with Gasteiger partial charge < -0.3 is 25.4 Å². The van der Waals surface area contributed by atoms with Crippen molar-refractivity contribution in [1.82, 2.24) is 15.2 Å². The Labute approximate surface area is 197 Å². The van der Waals surface area contributed by atoms with E-state index in [4.69, 9.17) is 20.0 Å². The minimum Gasteiger partial charge on any atom is -0.427 e. The molecule has 0 aliphatic carbocycles. The Kier molecular flexibility index (Phi) is 7.27. The zero-order valence-electron chi connectivity index (χ0n) is 18.3. The molecule has 1 aromatic heterocycles. The molecule has 33 heavy (non-hydrogen) atoms. The first-order valence-corrected chi connectivity index (χ1v) is 11.6. The molecule has 0 unspecified atom stereocenters. The standard InChI is InChI=1S/C19H23N5O7S2/c1-19(2,3)17(28)31-8-30-16(27)10-5-6-32-15-12(14(26)24(10)15)22-13(25)11(23-29-4)9-7-33-18(20)21-9/h5,7,12,15H,6,8H2,1-4H3,(H2,20,21)(H,22,25)/b23-11+/t12-,15-/m1/s1. The predicted molar refractivity (Wildman–Crippen MR) is 120 cm³/mol. The lowest BCUT2D eigenvalue weighted by molar-refractivity contribution is -0.173. The maximum atomic E-state index is 12.7. The minimum absolute atomic E-state index is 0.0270. The zero-order valence-corrected chi connectivity index (χ0v) is 19.9. The number of rotatable bonds is 7. The van der Waals surface area contributed by atoms with Crippen molar-refractivity contribution in [2.75, 3.05) is 25.4 Å². The van der Waals surface area contributed by atoms with Crippen molar-refractivity contribution in [2.24, 2.45) is 10.6 Å². The number of oxime groups is 1. The van der Waals surface area contributed by atoms with Crippen LogP contribution >= 0.6 is 23.1 Å². The molecule has 2 amide bonds. The number of hydrogen-bond acceptors (Lipinski definition) is 12. The number of thiazole rings is 1. The molecule has 1 aromatic rings. The molecule has 12 nitrogen and oxygen atoms in total. The van der Waals surface area contributed by atoms with Crippen LogP contribution in [0.3, 0.4) is 0 Å². The van der Waals surface area contributed by atoms with Gasteiger partial charge in [0.05, 0.1) is 5.41 Å². The number of amides is 2. The molecule has 0 radical (unpaired) electrons. The molecule has 0 saturated carbocycles. The Hall–Kier alpha value is -3.13. The van der Waals surface area contributed by atoms with Crippen LogP contribution in [0.5, 0.6) is 0 Å². The van der Waals surface area contributed by atoms with Crippen LogP contribution < -0.4 is 11.1 Å². The van der Waals surface area contributed by atoms with Crippen LogP contribution in [0.15, 0.2) is 22.3 Å². The summed E-state index contributed by atoms with van der Waals surface area (Å²) in [5, 5.41) is 7.57. The summed E-state index contributed by atoms with van der Waals surface area (Å²) in [5.41, 5.74) is 4.98. The molecule has 0 spiro atoms. The molecule has 0 bridgehead atoms.